The van der Waals surface area contributed by atoms with Gasteiger partial charge in [0.05, 0.1) is 96.3 Å². The van der Waals surface area contributed by atoms with E-state index in [0.29, 0.717) is 111 Å². The third-order valence-electron chi connectivity index (χ3n) is 14.6. The number of nitrogens with one attached hydrogen (secondary N) is 1. The second-order valence-corrected chi connectivity index (χ2v) is 24.6. The van der Waals surface area contributed by atoms with Gasteiger partial charge in [0.1, 0.15) is 25.6 Å². The highest BCUT2D eigenvalue weighted by Crippen LogP contribution is 2.26. The normalized spacial score (nSPS) is 14.1. The summed E-state index contributed by atoms with van der Waals surface area (Å²) in [6, 6.07) is -0.866. The number of unbranched alkanes of at least 4 members (excludes halogenated alkanes) is 24. The van der Waals surface area contributed by atoms with Crippen LogP contribution in [0.3, 0.4) is 0 Å². The number of oxime groups is 1. The minimum Gasteiger partial charge on any atom is -0.462 e. The quantitative estimate of drug-likeness (QED) is 0.0189. The van der Waals surface area contributed by atoms with Crippen LogP contribution in [0, 0.1) is 0 Å². The fraction of sp³-hybridized carbons (Fsp3) is 0.877. The van der Waals surface area contributed by atoms with Crippen LogP contribution in [0.25, 0.3) is 0 Å². The van der Waals surface area contributed by atoms with E-state index >= 15 is 0 Å². The number of thioether (sulfide) groups is 2. The number of carbonyl (C=O) groups is 7. The molecule has 0 aliphatic carbocycles. The Bertz CT molecular complexity index is 1750. The third-order valence-corrected chi connectivity index (χ3v) is 17.0. The summed E-state index contributed by atoms with van der Waals surface area (Å²) in [6.07, 6.45) is 34.2. The maximum absolute atomic E-state index is 13.2. The lowest BCUT2D eigenvalue weighted by Gasteiger charge is -2.19. The van der Waals surface area contributed by atoms with Gasteiger partial charge in [-0.15, -0.1) is 11.8 Å². The second kappa shape index (κ2) is 61.6. The zero-order valence-corrected chi connectivity index (χ0v) is 55.8. The molecule has 1 aliphatic heterocycles. The molecular formula is C65H118N4O16S2. The van der Waals surface area contributed by atoms with Gasteiger partial charge < -0.3 is 53.8 Å². The van der Waals surface area contributed by atoms with Crippen LogP contribution in [0.4, 0.5) is 0 Å². The molecule has 0 spiro atoms. The molecule has 0 radical (unpaired) electrons. The van der Waals surface area contributed by atoms with Crippen molar-refractivity contribution < 1.29 is 76.3 Å². The van der Waals surface area contributed by atoms with Gasteiger partial charge in [0.25, 0.3) is 0 Å². The van der Waals surface area contributed by atoms with Crippen molar-refractivity contribution in [3.63, 3.8) is 0 Å². The first-order chi connectivity index (χ1) is 42.5. The summed E-state index contributed by atoms with van der Waals surface area (Å²) in [7, 11) is 1.46. The molecule has 0 aromatic heterocycles. The van der Waals surface area contributed by atoms with Crippen LogP contribution in [-0.2, 0) is 76.3 Å². The van der Waals surface area contributed by atoms with Gasteiger partial charge in [-0.1, -0.05) is 173 Å². The molecule has 0 aromatic carbocycles. The predicted molar refractivity (Wildman–Crippen MR) is 346 cm³/mol. The molecule has 1 aliphatic rings. The van der Waals surface area contributed by atoms with Crippen LogP contribution in [0.2, 0.25) is 0 Å². The van der Waals surface area contributed by atoms with E-state index in [1.165, 1.54) is 147 Å². The molecule has 1 fully saturated rings. The van der Waals surface area contributed by atoms with Gasteiger partial charge in [-0.25, -0.2) is 0 Å². The van der Waals surface area contributed by atoms with Crippen molar-refractivity contribution in [2.45, 2.75) is 243 Å². The molecular weight excluding hydrogens is 1160 g/mol. The van der Waals surface area contributed by atoms with Gasteiger partial charge in [-0.2, -0.15) is 11.8 Å². The summed E-state index contributed by atoms with van der Waals surface area (Å²) in [4.78, 5) is 94.8. The van der Waals surface area contributed by atoms with Crippen molar-refractivity contribution >= 4 is 71.0 Å². The Morgan fingerprint density at radius 3 is 1.51 bits per heavy atom. The van der Waals surface area contributed by atoms with E-state index in [0.717, 1.165) is 55.2 Å². The molecule has 3 amide bonds. The Kier molecular flexibility index (Phi) is 57.9. The van der Waals surface area contributed by atoms with Crippen LogP contribution in [0.5, 0.6) is 0 Å². The summed E-state index contributed by atoms with van der Waals surface area (Å²) < 4.78 is 44.4. The fourth-order valence-electron chi connectivity index (χ4n) is 9.35. The molecule has 3 atom stereocenters. The van der Waals surface area contributed by atoms with Crippen molar-refractivity contribution in [2.75, 3.05) is 123 Å². The standard InChI is InChI=1S/C65H118N4O16S2/c1-4-6-8-10-12-14-16-18-20-22-24-26-28-32-63(74)84-52-57(85-64(75)33-29-27-25-23-21-19-17-15-13-11-9-7-5-2)53-86-54-58(66)59(71)55-87-60-51-62(73)69(65(60)76)38-34-61(72)67-37-40-79-42-44-81-46-48-83-50-49-82-47-45-80-43-41-78-39-35-56(70)31-30-36-68-77-3/h36,57-58,60H,4-35,37-55,66H2,1-3H3,(H,67,72). The molecule has 1 heterocycles. The van der Waals surface area contributed by atoms with E-state index in [2.05, 4.69) is 29.2 Å². The van der Waals surface area contributed by atoms with Crippen molar-refractivity contribution in [1.82, 2.24) is 10.2 Å². The van der Waals surface area contributed by atoms with E-state index < -0.39 is 29.2 Å². The molecule has 0 saturated carbocycles. The summed E-state index contributed by atoms with van der Waals surface area (Å²) in [5, 5.41) is 5.58. The van der Waals surface area contributed by atoms with Crippen LogP contribution < -0.4 is 11.1 Å². The van der Waals surface area contributed by atoms with Gasteiger partial charge in [0.2, 0.25) is 17.7 Å². The molecule has 1 saturated heterocycles. The Balaban J connectivity index is 2.28. The number of esters is 2. The Morgan fingerprint density at radius 1 is 0.575 bits per heavy atom. The number of ether oxygens (including phenoxy) is 8. The molecule has 87 heavy (non-hydrogen) atoms. The first-order valence-electron chi connectivity index (χ1n) is 33.5. The number of nitrogens with two attached hydrogens (primary N) is 1. The summed E-state index contributed by atoms with van der Waals surface area (Å²) in [6.45, 7) is 9.17. The molecule has 0 bridgehead atoms. The Hall–Kier alpha value is -3.22. The number of amides is 3. The van der Waals surface area contributed by atoms with Crippen LogP contribution in [-0.4, -0.2) is 193 Å². The highest BCUT2D eigenvalue weighted by molar-refractivity contribution is 8.01. The number of Topliss-reactive ketones (excluding diaryl/α,β-unsaturated/α-hetero) is 2. The van der Waals surface area contributed by atoms with E-state index in [-0.39, 0.29) is 80.1 Å². The summed E-state index contributed by atoms with van der Waals surface area (Å²) >= 11 is 2.41. The number of imide groups is 1. The van der Waals surface area contributed by atoms with Crippen LogP contribution >= 0.6 is 23.5 Å². The zero-order chi connectivity index (χ0) is 63.3. The lowest BCUT2D eigenvalue weighted by Crippen LogP contribution is -2.37. The molecule has 3 unspecified atom stereocenters. The van der Waals surface area contributed by atoms with Crippen LogP contribution in [0.15, 0.2) is 5.16 Å². The largest absolute Gasteiger partial charge is 0.462 e. The molecule has 3 N–H and O–H groups in total. The van der Waals surface area contributed by atoms with Crippen molar-refractivity contribution in [3.8, 4) is 0 Å². The minimum absolute atomic E-state index is 0.0638. The average Bonchev–Trinajstić information content (AvgIpc) is 3.52. The predicted octanol–water partition coefficient (Wildman–Crippen LogP) is 10.9. The topological polar surface area (TPSA) is 256 Å². The number of likely N-dealkylation sites (tertiary alicyclic amines) is 1. The van der Waals surface area contributed by atoms with Gasteiger partial charge in [-0.3, -0.25) is 38.5 Å². The van der Waals surface area contributed by atoms with Crippen molar-refractivity contribution in [3.05, 3.63) is 0 Å². The van der Waals surface area contributed by atoms with Crippen molar-refractivity contribution in [1.29, 1.82) is 0 Å². The average molecular weight is 1280 g/mol. The second-order valence-electron chi connectivity index (χ2n) is 22.3. The number of ketones is 2. The smallest absolute Gasteiger partial charge is 0.306 e. The lowest BCUT2D eigenvalue weighted by molar-refractivity contribution is -0.157. The van der Waals surface area contributed by atoms with E-state index in [4.69, 9.17) is 43.6 Å². The lowest BCUT2D eigenvalue weighted by atomic mass is 10.0. The fourth-order valence-corrected chi connectivity index (χ4v) is 11.5. The maximum Gasteiger partial charge on any atom is 0.306 e. The monoisotopic (exact) mass is 1270 g/mol. The van der Waals surface area contributed by atoms with E-state index in [9.17, 15) is 33.6 Å². The summed E-state index contributed by atoms with van der Waals surface area (Å²) in [5.41, 5.74) is 6.31. The number of carbonyl (C=O) groups excluding carboxylic acids is 7. The number of hydrogen-bond donors (Lipinski definition) is 2. The first-order valence-corrected chi connectivity index (χ1v) is 35.7. The zero-order valence-electron chi connectivity index (χ0n) is 54.2. The molecule has 1 rings (SSSR count). The molecule has 0 aromatic rings. The Labute approximate surface area is 532 Å². The van der Waals surface area contributed by atoms with Crippen molar-refractivity contribution in [2.24, 2.45) is 10.9 Å². The first kappa shape index (κ1) is 81.8. The highest BCUT2D eigenvalue weighted by atomic mass is 32.2. The SMILES string of the molecule is CCCCCCCCCCCCCCCC(=O)OCC(CSCC(N)C(=O)CSC1CC(=O)N(CCC(=O)NCCOCCOCCOCCOCCOCCOCCC(=O)CCC=NOC)C1=O)OC(=O)CCCCCCCCCCCCCCC. The molecule has 506 valence electrons. The van der Waals surface area contributed by atoms with Gasteiger partial charge in [0, 0.05) is 69.3 Å². The maximum atomic E-state index is 13.2. The minimum atomic E-state index is -0.866. The number of nitrogens with zero attached hydrogens (tertiary/aromatic N) is 2. The van der Waals surface area contributed by atoms with Gasteiger partial charge >= 0.3 is 11.9 Å². The molecule has 20 nitrogen and oxygen atoms in total. The summed E-state index contributed by atoms with van der Waals surface area (Å²) in [5.74, 6) is -1.53. The van der Waals surface area contributed by atoms with Crippen LogP contribution in [0.1, 0.15) is 226 Å². The number of hydrogen-bond acceptors (Lipinski definition) is 20. The highest BCUT2D eigenvalue weighted by Gasteiger charge is 2.39. The third kappa shape index (κ3) is 52.1. The Morgan fingerprint density at radius 2 is 1.02 bits per heavy atom. The van der Waals surface area contributed by atoms with Gasteiger partial charge in [-0.05, 0) is 19.3 Å². The molecule has 22 heteroatoms. The van der Waals surface area contributed by atoms with E-state index in [1.54, 1.807) is 6.21 Å². The van der Waals surface area contributed by atoms with Gasteiger partial charge in [0.15, 0.2) is 5.78 Å². The van der Waals surface area contributed by atoms with E-state index in [1.807, 2.05) is 0 Å². The number of rotatable bonds is 67.